The summed E-state index contributed by atoms with van der Waals surface area (Å²) in [5.74, 6) is 0.631. The van der Waals surface area contributed by atoms with Crippen molar-refractivity contribution >= 4 is 17.6 Å². The third kappa shape index (κ3) is 5.97. The van der Waals surface area contributed by atoms with E-state index in [1.807, 2.05) is 31.2 Å². The van der Waals surface area contributed by atoms with E-state index in [0.717, 1.165) is 41.2 Å². The molecule has 3 atom stereocenters. The summed E-state index contributed by atoms with van der Waals surface area (Å²) in [6, 6.07) is 14.2. The maximum absolute atomic E-state index is 11.4. The summed E-state index contributed by atoms with van der Waals surface area (Å²) in [6.07, 6.45) is 2.91. The van der Waals surface area contributed by atoms with Gasteiger partial charge in [0, 0.05) is 24.8 Å². The first kappa shape index (κ1) is 21.7. The summed E-state index contributed by atoms with van der Waals surface area (Å²) >= 11 is 6.48. The Hall–Kier alpha value is -2.04. The molecule has 5 heteroatoms. The molecule has 1 aliphatic heterocycles. The lowest BCUT2D eigenvalue weighted by Gasteiger charge is -2.35. The lowest BCUT2D eigenvalue weighted by Crippen LogP contribution is -2.33. The van der Waals surface area contributed by atoms with Crippen molar-refractivity contribution < 1.29 is 19.0 Å². The van der Waals surface area contributed by atoms with Crippen molar-refractivity contribution in [1.82, 2.24) is 0 Å². The molecule has 0 amide bonds. The summed E-state index contributed by atoms with van der Waals surface area (Å²) in [4.78, 5) is 11.4. The molecular weight excluding hydrogens is 388 g/mol. The second-order valence-corrected chi connectivity index (χ2v) is 7.87. The van der Waals surface area contributed by atoms with Crippen molar-refractivity contribution in [2.45, 2.75) is 64.8 Å². The molecule has 4 nitrogen and oxygen atoms in total. The van der Waals surface area contributed by atoms with Crippen molar-refractivity contribution in [2.75, 3.05) is 6.61 Å². The molecule has 1 fully saturated rings. The third-order valence-electron chi connectivity index (χ3n) is 5.22. The number of esters is 1. The summed E-state index contributed by atoms with van der Waals surface area (Å²) in [5, 5.41) is 0.738. The van der Waals surface area contributed by atoms with E-state index >= 15 is 0 Å². The predicted molar refractivity (Wildman–Crippen MR) is 115 cm³/mol. The van der Waals surface area contributed by atoms with E-state index < -0.39 is 0 Å². The molecule has 0 aromatic heterocycles. The van der Waals surface area contributed by atoms with E-state index in [1.54, 1.807) is 0 Å². The molecule has 3 unspecified atom stereocenters. The van der Waals surface area contributed by atoms with E-state index in [0.29, 0.717) is 13.0 Å². The molecule has 2 aromatic rings. The molecule has 2 aromatic carbocycles. The number of hydrogen-bond donors (Lipinski definition) is 0. The first-order valence-electron chi connectivity index (χ1n) is 10.3. The highest BCUT2D eigenvalue weighted by molar-refractivity contribution is 6.31. The number of ether oxygens (including phenoxy) is 3. The van der Waals surface area contributed by atoms with Gasteiger partial charge < -0.3 is 14.2 Å². The Morgan fingerprint density at radius 1 is 1.14 bits per heavy atom. The second kappa shape index (κ2) is 10.1. The zero-order valence-corrected chi connectivity index (χ0v) is 18.1. The van der Waals surface area contributed by atoms with Gasteiger partial charge in [-0.2, -0.15) is 0 Å². The zero-order chi connectivity index (χ0) is 20.8. The quantitative estimate of drug-likeness (QED) is 0.528. The molecular formula is C24H29ClO4. The topological polar surface area (TPSA) is 44.8 Å². The molecule has 1 aliphatic rings. The van der Waals surface area contributed by atoms with Crippen LogP contribution in [-0.2, 0) is 20.7 Å². The van der Waals surface area contributed by atoms with Crippen LogP contribution in [0.1, 0.15) is 62.8 Å². The van der Waals surface area contributed by atoms with Gasteiger partial charge >= 0.3 is 5.97 Å². The van der Waals surface area contributed by atoms with E-state index in [1.165, 1.54) is 12.5 Å². The summed E-state index contributed by atoms with van der Waals surface area (Å²) in [6.45, 7) is 6.18. The average Bonchev–Trinajstić information content (AvgIpc) is 2.70. The highest BCUT2D eigenvalue weighted by Crippen LogP contribution is 2.36. The van der Waals surface area contributed by atoms with Crippen LogP contribution in [0.4, 0.5) is 0 Å². The molecule has 29 heavy (non-hydrogen) atoms. The Balaban J connectivity index is 1.77. The van der Waals surface area contributed by atoms with E-state index in [9.17, 15) is 4.79 Å². The highest BCUT2D eigenvalue weighted by Gasteiger charge is 2.31. The van der Waals surface area contributed by atoms with Gasteiger partial charge in [-0.05, 0) is 54.7 Å². The molecule has 0 saturated carbocycles. The summed E-state index contributed by atoms with van der Waals surface area (Å²) < 4.78 is 17.3. The number of benzene rings is 2. The van der Waals surface area contributed by atoms with Crippen molar-refractivity contribution in [3.63, 3.8) is 0 Å². The van der Waals surface area contributed by atoms with Crippen LogP contribution in [0.2, 0.25) is 5.02 Å². The third-order valence-corrected chi connectivity index (χ3v) is 5.59. The Labute approximate surface area is 178 Å². The summed E-state index contributed by atoms with van der Waals surface area (Å²) in [5.41, 5.74) is 3.30. The predicted octanol–water partition coefficient (Wildman–Crippen LogP) is 5.89. The van der Waals surface area contributed by atoms with Gasteiger partial charge in [-0.25, -0.2) is 0 Å². The van der Waals surface area contributed by atoms with Crippen molar-refractivity contribution in [3.05, 3.63) is 64.2 Å². The Bertz CT molecular complexity index is 818. The molecule has 0 bridgehead atoms. The maximum atomic E-state index is 11.4. The van der Waals surface area contributed by atoms with Crippen LogP contribution in [0.15, 0.2) is 42.5 Å². The molecule has 3 rings (SSSR count). The van der Waals surface area contributed by atoms with Crippen LogP contribution in [0.25, 0.3) is 0 Å². The number of rotatable bonds is 7. The number of carbonyl (C=O) groups excluding carboxylic acids is 1. The van der Waals surface area contributed by atoms with Crippen molar-refractivity contribution in [2.24, 2.45) is 0 Å². The maximum Gasteiger partial charge on any atom is 0.302 e. The Morgan fingerprint density at radius 2 is 1.90 bits per heavy atom. The Kier molecular flexibility index (Phi) is 7.57. The van der Waals surface area contributed by atoms with Gasteiger partial charge in [0.05, 0.1) is 18.8 Å². The van der Waals surface area contributed by atoms with Crippen LogP contribution in [0.5, 0.6) is 5.75 Å². The standard InChI is InChI=1S/C24H29ClO4/c1-4-20-14-22(28-16(3)26)15-24(29-20)18-8-11-23(25)19(13-18)12-17-6-9-21(10-7-17)27-5-2/h6-11,13,20,22,24H,4-5,12,14-15H2,1-3H3. The minimum absolute atomic E-state index is 0.0864. The van der Waals surface area contributed by atoms with Gasteiger partial charge in [0.25, 0.3) is 0 Å². The highest BCUT2D eigenvalue weighted by atomic mass is 35.5. The molecule has 0 spiro atoms. The van der Waals surface area contributed by atoms with Crippen molar-refractivity contribution in [1.29, 1.82) is 0 Å². The van der Waals surface area contributed by atoms with E-state index in [2.05, 4.69) is 25.1 Å². The molecule has 0 N–H and O–H groups in total. The first-order chi connectivity index (χ1) is 14.0. The number of carbonyl (C=O) groups is 1. The van der Waals surface area contributed by atoms with Crippen molar-refractivity contribution in [3.8, 4) is 5.75 Å². The van der Waals surface area contributed by atoms with Gasteiger partial charge in [-0.15, -0.1) is 0 Å². The Morgan fingerprint density at radius 3 is 2.55 bits per heavy atom. The fourth-order valence-electron chi connectivity index (χ4n) is 3.80. The number of hydrogen-bond acceptors (Lipinski definition) is 4. The minimum atomic E-state index is -0.238. The minimum Gasteiger partial charge on any atom is -0.494 e. The smallest absolute Gasteiger partial charge is 0.302 e. The first-order valence-corrected chi connectivity index (χ1v) is 10.7. The van der Waals surface area contributed by atoms with Crippen LogP contribution >= 0.6 is 11.6 Å². The molecule has 0 aliphatic carbocycles. The summed E-state index contributed by atoms with van der Waals surface area (Å²) in [7, 11) is 0. The molecule has 1 saturated heterocycles. The van der Waals surface area contributed by atoms with Gasteiger partial charge in [0.15, 0.2) is 0 Å². The monoisotopic (exact) mass is 416 g/mol. The molecule has 156 valence electrons. The van der Waals surface area contributed by atoms with Gasteiger partial charge in [-0.3, -0.25) is 4.79 Å². The largest absolute Gasteiger partial charge is 0.494 e. The van der Waals surface area contributed by atoms with Crippen LogP contribution in [0.3, 0.4) is 0 Å². The normalized spacial score (nSPS) is 21.6. The van der Waals surface area contributed by atoms with Crippen LogP contribution in [-0.4, -0.2) is 24.8 Å². The van der Waals surface area contributed by atoms with E-state index in [4.69, 9.17) is 25.8 Å². The van der Waals surface area contributed by atoms with E-state index in [-0.39, 0.29) is 24.3 Å². The van der Waals surface area contributed by atoms with Crippen LogP contribution in [0, 0.1) is 0 Å². The molecule has 0 radical (unpaired) electrons. The average molecular weight is 417 g/mol. The fourth-order valence-corrected chi connectivity index (χ4v) is 3.98. The lowest BCUT2D eigenvalue weighted by molar-refractivity contribution is -0.160. The zero-order valence-electron chi connectivity index (χ0n) is 17.3. The van der Waals surface area contributed by atoms with Gasteiger partial charge in [0.2, 0.25) is 0 Å². The fraction of sp³-hybridized carbons (Fsp3) is 0.458. The van der Waals surface area contributed by atoms with Crippen LogP contribution < -0.4 is 4.74 Å². The van der Waals surface area contributed by atoms with Gasteiger partial charge in [0.1, 0.15) is 11.9 Å². The second-order valence-electron chi connectivity index (χ2n) is 7.46. The van der Waals surface area contributed by atoms with Gasteiger partial charge in [-0.1, -0.05) is 42.8 Å². The molecule has 1 heterocycles. The SMILES string of the molecule is CCOc1ccc(Cc2cc(C3CC(OC(C)=O)CC(CC)O3)ccc2Cl)cc1. The lowest BCUT2D eigenvalue weighted by atomic mass is 9.93. The number of halogens is 1.